The SMILES string of the molecule is O=C([O-])CSCc1nc(NCc2cc(OC(F)(F)F)cc(OC(F)(F)F)c2)c2c3c(sc2n1)CCCC3. The van der Waals surface area contributed by atoms with E-state index in [1.165, 1.54) is 11.3 Å². The van der Waals surface area contributed by atoms with Gasteiger partial charge in [-0.25, -0.2) is 9.97 Å². The highest BCUT2D eigenvalue weighted by Gasteiger charge is 2.34. The van der Waals surface area contributed by atoms with E-state index in [2.05, 4.69) is 24.8 Å². The molecule has 0 fully saturated rings. The van der Waals surface area contributed by atoms with Gasteiger partial charge < -0.3 is 24.7 Å². The number of carboxylic acid groups (broad SMARTS) is 1. The van der Waals surface area contributed by atoms with Crippen LogP contribution in [0, 0.1) is 0 Å². The van der Waals surface area contributed by atoms with Gasteiger partial charge in [-0.1, -0.05) is 0 Å². The first kappa shape index (κ1) is 27.1. The van der Waals surface area contributed by atoms with Crippen LogP contribution >= 0.6 is 23.1 Å². The lowest BCUT2D eigenvalue weighted by Gasteiger charge is -2.16. The Hall–Kier alpha value is -2.94. The molecular weight excluding hydrogens is 548 g/mol. The van der Waals surface area contributed by atoms with Gasteiger partial charge in [-0.15, -0.1) is 49.4 Å². The van der Waals surface area contributed by atoms with Crippen molar-refractivity contribution in [1.29, 1.82) is 0 Å². The number of aliphatic carboxylic acids is 1. The van der Waals surface area contributed by atoms with Crippen LogP contribution in [0.15, 0.2) is 18.2 Å². The lowest BCUT2D eigenvalue weighted by Crippen LogP contribution is -2.24. The predicted octanol–water partition coefficient (Wildman–Crippen LogP) is 4.96. The molecule has 0 aliphatic heterocycles. The molecule has 37 heavy (non-hydrogen) atoms. The first-order valence-electron chi connectivity index (χ1n) is 10.8. The Labute approximate surface area is 214 Å². The Morgan fingerprint density at radius 3 is 2.30 bits per heavy atom. The van der Waals surface area contributed by atoms with Crippen LogP contribution in [0.5, 0.6) is 11.5 Å². The topological polar surface area (TPSA) is 96.4 Å². The van der Waals surface area contributed by atoms with Crippen molar-refractivity contribution >= 4 is 45.1 Å². The molecule has 0 saturated carbocycles. The van der Waals surface area contributed by atoms with Crippen molar-refractivity contribution in [1.82, 2.24) is 9.97 Å². The van der Waals surface area contributed by atoms with Crippen molar-refractivity contribution in [3.05, 3.63) is 40.0 Å². The molecule has 15 heteroatoms. The van der Waals surface area contributed by atoms with Crippen molar-refractivity contribution < 1.29 is 45.7 Å². The number of carboxylic acids is 1. The predicted molar refractivity (Wildman–Crippen MR) is 122 cm³/mol. The Balaban J connectivity index is 1.66. The molecule has 0 saturated heterocycles. The fourth-order valence-electron chi connectivity index (χ4n) is 3.92. The quantitative estimate of drug-likeness (QED) is 0.363. The van der Waals surface area contributed by atoms with Crippen LogP contribution in [0.2, 0.25) is 0 Å². The number of ether oxygens (including phenoxy) is 2. The first-order valence-corrected chi connectivity index (χ1v) is 12.8. The maximum Gasteiger partial charge on any atom is 0.573 e. The van der Waals surface area contributed by atoms with E-state index in [-0.39, 0.29) is 23.6 Å². The summed E-state index contributed by atoms with van der Waals surface area (Å²) in [4.78, 5) is 21.6. The number of alkyl halides is 6. The van der Waals surface area contributed by atoms with Gasteiger partial charge in [0.15, 0.2) is 0 Å². The molecule has 2 heterocycles. The molecule has 0 spiro atoms. The van der Waals surface area contributed by atoms with Crippen molar-refractivity contribution in [2.75, 3.05) is 11.1 Å². The van der Waals surface area contributed by atoms with Gasteiger partial charge in [-0.2, -0.15) is 0 Å². The number of thiophene rings is 1. The molecule has 7 nitrogen and oxygen atoms in total. The molecule has 0 amide bonds. The van der Waals surface area contributed by atoms with Crippen LogP contribution in [-0.2, 0) is 29.9 Å². The summed E-state index contributed by atoms with van der Waals surface area (Å²) in [6, 6.07) is 2.39. The third-order valence-corrected chi connectivity index (χ3v) is 7.27. The number of hydrogen-bond acceptors (Lipinski definition) is 9. The highest BCUT2D eigenvalue weighted by Crippen LogP contribution is 2.39. The zero-order chi connectivity index (χ0) is 26.8. The molecule has 0 radical (unpaired) electrons. The Morgan fingerprint density at radius 2 is 1.68 bits per heavy atom. The molecule has 200 valence electrons. The lowest BCUT2D eigenvalue weighted by atomic mass is 9.97. The van der Waals surface area contributed by atoms with Gasteiger partial charge in [-0.05, 0) is 48.9 Å². The van der Waals surface area contributed by atoms with Gasteiger partial charge in [0.25, 0.3) is 0 Å². The number of halogens is 6. The Morgan fingerprint density at radius 1 is 1.03 bits per heavy atom. The minimum absolute atomic E-state index is 0.0183. The smallest absolute Gasteiger partial charge is 0.549 e. The molecule has 1 aliphatic carbocycles. The van der Waals surface area contributed by atoms with Crippen LogP contribution < -0.4 is 19.9 Å². The highest BCUT2D eigenvalue weighted by atomic mass is 32.2. The average Bonchev–Trinajstić information content (AvgIpc) is 3.13. The van der Waals surface area contributed by atoms with Gasteiger partial charge in [0.05, 0.1) is 17.1 Å². The summed E-state index contributed by atoms with van der Waals surface area (Å²) in [6.45, 7) is -0.203. The van der Waals surface area contributed by atoms with E-state index < -0.39 is 30.2 Å². The van der Waals surface area contributed by atoms with E-state index in [0.717, 1.165) is 65.4 Å². The molecule has 0 unspecified atom stereocenters. The first-order chi connectivity index (χ1) is 17.4. The summed E-state index contributed by atoms with van der Waals surface area (Å²) in [5.74, 6) is -2.39. The molecular formula is C22H18F6N3O4S2-. The van der Waals surface area contributed by atoms with E-state index in [4.69, 9.17) is 0 Å². The highest BCUT2D eigenvalue weighted by molar-refractivity contribution is 7.99. The van der Waals surface area contributed by atoms with Crippen molar-refractivity contribution in [3.8, 4) is 11.5 Å². The number of benzene rings is 1. The average molecular weight is 567 g/mol. The summed E-state index contributed by atoms with van der Waals surface area (Å²) >= 11 is 2.53. The van der Waals surface area contributed by atoms with E-state index in [0.29, 0.717) is 22.5 Å². The minimum Gasteiger partial charge on any atom is -0.549 e. The zero-order valence-electron chi connectivity index (χ0n) is 18.8. The third-order valence-electron chi connectivity index (χ3n) is 5.18. The molecule has 1 aliphatic rings. The Bertz CT molecular complexity index is 1260. The van der Waals surface area contributed by atoms with Gasteiger partial charge in [-0.3, -0.25) is 0 Å². The second-order valence-corrected chi connectivity index (χ2v) is 10.1. The summed E-state index contributed by atoms with van der Waals surface area (Å²) in [6.07, 6.45) is -6.62. The van der Waals surface area contributed by atoms with E-state index in [9.17, 15) is 36.2 Å². The number of carbonyl (C=O) groups excluding carboxylic acids is 1. The number of thioether (sulfide) groups is 1. The number of fused-ring (bicyclic) bond motifs is 3. The zero-order valence-corrected chi connectivity index (χ0v) is 20.4. The number of anilines is 1. The van der Waals surface area contributed by atoms with Crippen LogP contribution in [0.4, 0.5) is 32.2 Å². The minimum atomic E-state index is -5.12. The molecule has 4 rings (SSSR count). The number of rotatable bonds is 9. The second-order valence-electron chi connectivity index (χ2n) is 8.01. The Kier molecular flexibility index (Phi) is 7.92. The monoisotopic (exact) mass is 566 g/mol. The van der Waals surface area contributed by atoms with Gasteiger partial charge in [0.2, 0.25) is 0 Å². The van der Waals surface area contributed by atoms with Crippen molar-refractivity contribution in [2.45, 2.75) is 50.7 Å². The number of carbonyl (C=O) groups is 1. The molecule has 0 atom stereocenters. The maximum absolute atomic E-state index is 12.7. The van der Waals surface area contributed by atoms with Crippen LogP contribution in [0.1, 0.15) is 34.7 Å². The lowest BCUT2D eigenvalue weighted by molar-refractivity contribution is -0.301. The van der Waals surface area contributed by atoms with Crippen LogP contribution in [0.25, 0.3) is 10.2 Å². The molecule has 3 aromatic rings. The fourth-order valence-corrected chi connectivity index (χ4v) is 5.78. The molecule has 1 N–H and O–H groups in total. The normalized spacial score (nSPS) is 13.9. The summed E-state index contributed by atoms with van der Waals surface area (Å²) in [5, 5.41) is 14.5. The summed E-state index contributed by atoms with van der Waals surface area (Å²) in [7, 11) is 0. The number of nitrogens with zero attached hydrogens (tertiary/aromatic N) is 2. The summed E-state index contributed by atoms with van der Waals surface area (Å²) in [5.41, 5.74) is 1.07. The van der Waals surface area contributed by atoms with E-state index in [1.54, 1.807) is 0 Å². The maximum atomic E-state index is 12.7. The summed E-state index contributed by atoms with van der Waals surface area (Å²) < 4.78 is 84.0. The third kappa shape index (κ3) is 7.53. The molecule has 1 aromatic carbocycles. The number of hydrogen-bond donors (Lipinski definition) is 1. The van der Waals surface area contributed by atoms with Gasteiger partial charge in [0, 0.05) is 23.2 Å². The molecule has 2 aromatic heterocycles. The number of nitrogens with one attached hydrogen (secondary N) is 1. The second kappa shape index (κ2) is 10.8. The van der Waals surface area contributed by atoms with Crippen LogP contribution in [0.3, 0.4) is 0 Å². The standard InChI is InChI=1S/C22H19F6N3O4S2/c23-21(24,25)34-12-5-11(6-13(7-12)35-22(26,27)28)8-29-19-18-14-3-1-2-4-15(14)37-20(18)31-16(30-19)9-36-10-17(32)33/h5-7H,1-4,8-10H2,(H,32,33)(H,29,30,31)/p-1. The molecule has 0 bridgehead atoms. The van der Waals surface area contributed by atoms with E-state index in [1.807, 2.05) is 0 Å². The van der Waals surface area contributed by atoms with Crippen LogP contribution in [-0.4, -0.2) is 34.4 Å². The number of aromatic nitrogens is 2. The van der Waals surface area contributed by atoms with E-state index >= 15 is 0 Å². The van der Waals surface area contributed by atoms with Crippen molar-refractivity contribution in [2.24, 2.45) is 0 Å². The van der Waals surface area contributed by atoms with Gasteiger partial charge in [0.1, 0.15) is 28.0 Å². The number of aryl methyl sites for hydroxylation is 2. The van der Waals surface area contributed by atoms with Crippen molar-refractivity contribution in [3.63, 3.8) is 0 Å². The van der Waals surface area contributed by atoms with Gasteiger partial charge >= 0.3 is 12.7 Å². The fraction of sp³-hybridized carbons (Fsp3) is 0.409. The largest absolute Gasteiger partial charge is 0.573 e.